The first-order valence-electron chi connectivity index (χ1n) is 4.11. The van der Waals surface area contributed by atoms with Crippen molar-refractivity contribution in [3.63, 3.8) is 0 Å². The van der Waals surface area contributed by atoms with E-state index >= 15 is 0 Å². The number of rotatable bonds is 2. The Balaban J connectivity index is 2.66. The topological polar surface area (TPSA) is 111 Å². The van der Waals surface area contributed by atoms with Gasteiger partial charge in [0.15, 0.2) is 6.29 Å². The SMILES string of the molecule is CO[C@@H]1OC(CN)[C@H](O)C(O)[C@H]1N. The quantitative estimate of drug-likeness (QED) is 0.381. The average molecular weight is 192 g/mol. The number of nitrogens with two attached hydrogens (primary N) is 2. The van der Waals surface area contributed by atoms with Crippen LogP contribution in [0.1, 0.15) is 0 Å². The highest BCUT2D eigenvalue weighted by Crippen LogP contribution is 2.19. The molecule has 1 aliphatic heterocycles. The zero-order chi connectivity index (χ0) is 10.0. The van der Waals surface area contributed by atoms with Gasteiger partial charge in [0, 0.05) is 13.7 Å². The molecule has 2 unspecified atom stereocenters. The van der Waals surface area contributed by atoms with E-state index < -0.39 is 30.6 Å². The number of ether oxygens (including phenoxy) is 2. The van der Waals surface area contributed by atoms with Crippen LogP contribution in [-0.4, -0.2) is 54.5 Å². The van der Waals surface area contributed by atoms with Crippen LogP contribution in [0.3, 0.4) is 0 Å². The number of methoxy groups -OCH3 is 1. The fourth-order valence-electron chi connectivity index (χ4n) is 1.36. The van der Waals surface area contributed by atoms with Crippen LogP contribution in [0.4, 0.5) is 0 Å². The van der Waals surface area contributed by atoms with Crippen molar-refractivity contribution in [2.75, 3.05) is 13.7 Å². The maximum Gasteiger partial charge on any atom is 0.175 e. The minimum absolute atomic E-state index is 0.116. The third-order valence-electron chi connectivity index (χ3n) is 2.21. The predicted molar refractivity (Wildman–Crippen MR) is 44.7 cm³/mol. The molecule has 0 saturated carbocycles. The van der Waals surface area contributed by atoms with Crippen LogP contribution in [0, 0.1) is 0 Å². The van der Waals surface area contributed by atoms with Gasteiger partial charge in [0.1, 0.15) is 18.3 Å². The summed E-state index contributed by atoms with van der Waals surface area (Å²) in [6, 6.07) is -0.747. The smallest absolute Gasteiger partial charge is 0.175 e. The summed E-state index contributed by atoms with van der Waals surface area (Å²) >= 11 is 0. The van der Waals surface area contributed by atoms with Gasteiger partial charge < -0.3 is 31.2 Å². The molecule has 78 valence electrons. The van der Waals surface area contributed by atoms with Crippen molar-refractivity contribution in [1.82, 2.24) is 0 Å². The Labute approximate surface area is 76.4 Å². The number of aliphatic hydroxyl groups excluding tert-OH is 2. The first kappa shape index (κ1) is 10.8. The Morgan fingerprint density at radius 1 is 1.38 bits per heavy atom. The number of aliphatic hydroxyl groups is 2. The van der Waals surface area contributed by atoms with Crippen LogP contribution in [0.15, 0.2) is 0 Å². The zero-order valence-corrected chi connectivity index (χ0v) is 7.46. The molecule has 0 aromatic carbocycles. The summed E-state index contributed by atoms with van der Waals surface area (Å²) in [5.41, 5.74) is 10.9. The van der Waals surface area contributed by atoms with Gasteiger partial charge in [0.25, 0.3) is 0 Å². The van der Waals surface area contributed by atoms with Crippen molar-refractivity contribution < 1.29 is 19.7 Å². The van der Waals surface area contributed by atoms with Gasteiger partial charge in [-0.15, -0.1) is 0 Å². The van der Waals surface area contributed by atoms with Crippen LogP contribution in [0.25, 0.3) is 0 Å². The van der Waals surface area contributed by atoms with Crippen molar-refractivity contribution in [3.05, 3.63) is 0 Å². The van der Waals surface area contributed by atoms with Gasteiger partial charge in [-0.25, -0.2) is 0 Å². The Kier molecular flexibility index (Phi) is 3.60. The molecule has 13 heavy (non-hydrogen) atoms. The van der Waals surface area contributed by atoms with Gasteiger partial charge in [-0.1, -0.05) is 0 Å². The van der Waals surface area contributed by atoms with Crippen LogP contribution in [-0.2, 0) is 9.47 Å². The lowest BCUT2D eigenvalue weighted by Crippen LogP contribution is -2.62. The lowest BCUT2D eigenvalue weighted by Gasteiger charge is -2.40. The van der Waals surface area contributed by atoms with E-state index in [1.165, 1.54) is 7.11 Å². The Morgan fingerprint density at radius 2 is 2.00 bits per heavy atom. The molecule has 0 aliphatic carbocycles. The van der Waals surface area contributed by atoms with E-state index in [1.54, 1.807) is 0 Å². The normalized spacial score (nSPS) is 46.4. The van der Waals surface area contributed by atoms with Gasteiger partial charge in [-0.3, -0.25) is 0 Å². The summed E-state index contributed by atoms with van der Waals surface area (Å²) in [5.74, 6) is 0. The average Bonchev–Trinajstić information content (AvgIpc) is 2.15. The van der Waals surface area contributed by atoms with Crippen molar-refractivity contribution in [2.45, 2.75) is 30.6 Å². The highest BCUT2D eigenvalue weighted by molar-refractivity contribution is 4.91. The first-order chi connectivity index (χ1) is 6.11. The fourth-order valence-corrected chi connectivity index (χ4v) is 1.36. The van der Waals surface area contributed by atoms with Crippen molar-refractivity contribution in [2.24, 2.45) is 11.5 Å². The maximum atomic E-state index is 9.46. The molecule has 0 radical (unpaired) electrons. The third kappa shape index (κ3) is 1.98. The van der Waals surface area contributed by atoms with Gasteiger partial charge in [0.05, 0.1) is 6.04 Å². The zero-order valence-electron chi connectivity index (χ0n) is 7.46. The summed E-state index contributed by atoms with van der Waals surface area (Å²) in [5, 5.41) is 18.9. The molecule has 6 N–H and O–H groups in total. The van der Waals surface area contributed by atoms with Gasteiger partial charge in [-0.05, 0) is 0 Å². The predicted octanol–water partition coefficient (Wildman–Crippen LogP) is -2.63. The Hall–Kier alpha value is -0.240. The molecular formula is C7H16N2O4. The third-order valence-corrected chi connectivity index (χ3v) is 2.21. The first-order valence-corrected chi connectivity index (χ1v) is 4.11. The van der Waals surface area contributed by atoms with E-state index in [4.69, 9.17) is 20.9 Å². The molecule has 0 aromatic rings. The standard InChI is InChI=1S/C7H16N2O4/c1-12-7-4(9)6(11)5(10)3(2-8)13-7/h3-7,10-11H,2,8-9H2,1H3/t3?,4-,5+,6?,7-/m1/s1. The van der Waals surface area contributed by atoms with E-state index in [0.29, 0.717) is 0 Å². The van der Waals surface area contributed by atoms with Gasteiger partial charge in [-0.2, -0.15) is 0 Å². The molecule has 1 heterocycles. The van der Waals surface area contributed by atoms with Gasteiger partial charge in [0.2, 0.25) is 0 Å². The summed E-state index contributed by atoms with van der Waals surface area (Å²) in [6.07, 6.45) is -3.45. The van der Waals surface area contributed by atoms with Crippen LogP contribution in [0.5, 0.6) is 0 Å². The van der Waals surface area contributed by atoms with Gasteiger partial charge >= 0.3 is 0 Å². The molecule has 0 bridgehead atoms. The lowest BCUT2D eigenvalue weighted by molar-refractivity contribution is -0.248. The Morgan fingerprint density at radius 3 is 2.46 bits per heavy atom. The largest absolute Gasteiger partial charge is 0.388 e. The molecule has 0 aromatic heterocycles. The van der Waals surface area contributed by atoms with Crippen molar-refractivity contribution in [1.29, 1.82) is 0 Å². The monoisotopic (exact) mass is 192 g/mol. The second-order valence-electron chi connectivity index (χ2n) is 3.07. The summed E-state index contributed by atoms with van der Waals surface area (Å²) < 4.78 is 10.1. The van der Waals surface area contributed by atoms with E-state index in [2.05, 4.69) is 0 Å². The summed E-state index contributed by atoms with van der Waals surface area (Å²) in [7, 11) is 1.42. The fraction of sp³-hybridized carbons (Fsp3) is 1.00. The number of hydrogen-bond acceptors (Lipinski definition) is 6. The molecule has 1 aliphatic rings. The Bertz CT molecular complexity index is 149. The highest BCUT2D eigenvalue weighted by Gasteiger charge is 2.42. The molecule has 6 heteroatoms. The molecule has 6 nitrogen and oxygen atoms in total. The highest BCUT2D eigenvalue weighted by atomic mass is 16.7. The molecule has 0 spiro atoms. The molecule has 1 fully saturated rings. The van der Waals surface area contributed by atoms with Crippen LogP contribution >= 0.6 is 0 Å². The maximum absolute atomic E-state index is 9.46. The van der Waals surface area contributed by atoms with E-state index in [9.17, 15) is 10.2 Å². The van der Waals surface area contributed by atoms with E-state index in [1.807, 2.05) is 0 Å². The minimum atomic E-state index is -1.06. The molecule has 1 rings (SSSR count). The van der Waals surface area contributed by atoms with Crippen molar-refractivity contribution >= 4 is 0 Å². The second-order valence-corrected chi connectivity index (χ2v) is 3.07. The van der Waals surface area contributed by atoms with E-state index in [0.717, 1.165) is 0 Å². The minimum Gasteiger partial charge on any atom is -0.388 e. The second kappa shape index (κ2) is 4.32. The summed E-state index contributed by atoms with van der Waals surface area (Å²) in [6.45, 7) is 0.116. The molecule has 1 saturated heterocycles. The van der Waals surface area contributed by atoms with Crippen molar-refractivity contribution in [3.8, 4) is 0 Å². The molecular weight excluding hydrogens is 176 g/mol. The summed E-state index contributed by atoms with van der Waals surface area (Å²) in [4.78, 5) is 0. The van der Waals surface area contributed by atoms with E-state index in [-0.39, 0.29) is 6.54 Å². The van der Waals surface area contributed by atoms with Crippen LogP contribution in [0.2, 0.25) is 0 Å². The number of hydrogen-bond donors (Lipinski definition) is 4. The molecule has 5 atom stereocenters. The lowest BCUT2D eigenvalue weighted by atomic mass is 9.97. The molecule has 0 amide bonds. The van der Waals surface area contributed by atoms with Crippen LogP contribution < -0.4 is 11.5 Å².